The van der Waals surface area contributed by atoms with Crippen molar-refractivity contribution in [3.05, 3.63) is 46.1 Å². The third-order valence-corrected chi connectivity index (χ3v) is 4.84. The monoisotopic (exact) mass is 395 g/mol. The van der Waals surface area contributed by atoms with Crippen molar-refractivity contribution >= 4 is 17.8 Å². The van der Waals surface area contributed by atoms with Crippen LogP contribution in [0, 0.1) is 20.8 Å². The van der Waals surface area contributed by atoms with E-state index in [0.717, 1.165) is 21.9 Å². The molecule has 0 saturated heterocycles. The van der Waals surface area contributed by atoms with E-state index in [2.05, 4.69) is 10.4 Å². The number of hydrogen-bond acceptors (Lipinski definition) is 5. The second-order valence-corrected chi connectivity index (χ2v) is 7.13. The zero-order valence-corrected chi connectivity index (χ0v) is 15.8. The van der Waals surface area contributed by atoms with Gasteiger partial charge in [0.1, 0.15) is 5.82 Å². The summed E-state index contributed by atoms with van der Waals surface area (Å²) in [4.78, 5) is 24.7. The Kier molecular flexibility index (Phi) is 4.95. The number of rotatable bonds is 2. The Hall–Kier alpha value is -2.84. The van der Waals surface area contributed by atoms with Crippen LogP contribution in [0.4, 0.5) is 19.0 Å². The average Bonchev–Trinajstić information content (AvgIpc) is 3.00. The van der Waals surface area contributed by atoms with Gasteiger partial charge in [-0.1, -0.05) is 6.07 Å². The first kappa shape index (κ1) is 19.9. The van der Waals surface area contributed by atoms with E-state index in [1.165, 1.54) is 0 Å². The van der Waals surface area contributed by atoms with Gasteiger partial charge >= 0.3 is 18.1 Å². The predicted molar refractivity (Wildman–Crippen MR) is 95.4 cm³/mol. The summed E-state index contributed by atoms with van der Waals surface area (Å²) in [5, 5.41) is 6.59. The maximum absolute atomic E-state index is 13.3. The van der Waals surface area contributed by atoms with Crippen molar-refractivity contribution in [2.24, 2.45) is 0 Å². The van der Waals surface area contributed by atoms with Gasteiger partial charge in [0.2, 0.25) is 0 Å². The molecule has 2 aromatic rings. The van der Waals surface area contributed by atoms with Crippen LogP contribution in [0.3, 0.4) is 0 Å². The number of anilines is 1. The number of alkyl halides is 3. The minimum Gasteiger partial charge on any atom is -0.384 e. The van der Waals surface area contributed by atoms with Crippen molar-refractivity contribution in [3.8, 4) is 0 Å². The number of carbonyl (C=O) groups is 2. The van der Waals surface area contributed by atoms with Crippen LogP contribution in [0.1, 0.15) is 56.9 Å². The summed E-state index contributed by atoms with van der Waals surface area (Å²) in [6, 6.07) is 2.28. The fourth-order valence-electron chi connectivity index (χ4n) is 3.23. The van der Waals surface area contributed by atoms with Crippen molar-refractivity contribution in [2.45, 2.75) is 52.4 Å². The van der Waals surface area contributed by atoms with Crippen molar-refractivity contribution in [3.63, 3.8) is 0 Å². The first-order chi connectivity index (χ1) is 13.0. The number of benzene rings is 1. The first-order valence-electron chi connectivity index (χ1n) is 8.74. The SMILES string of the molecule is Cc1cc(C)c(C(=O)OC(=O)c2cc3n(n2)[C@H](C(F)(F)F)C[C@@H](C)N3)cc1C. The summed E-state index contributed by atoms with van der Waals surface area (Å²) >= 11 is 0. The highest BCUT2D eigenvalue weighted by Crippen LogP contribution is 2.39. The van der Waals surface area contributed by atoms with E-state index in [0.29, 0.717) is 5.56 Å². The van der Waals surface area contributed by atoms with Crippen molar-refractivity contribution in [2.75, 3.05) is 5.32 Å². The number of hydrogen-bond donors (Lipinski definition) is 1. The van der Waals surface area contributed by atoms with Gasteiger partial charge in [0.05, 0.1) is 5.56 Å². The van der Waals surface area contributed by atoms with Gasteiger partial charge in [0.15, 0.2) is 11.7 Å². The number of halogens is 3. The zero-order valence-electron chi connectivity index (χ0n) is 15.8. The van der Waals surface area contributed by atoms with E-state index in [9.17, 15) is 22.8 Å². The van der Waals surface area contributed by atoms with Crippen molar-refractivity contribution < 1.29 is 27.5 Å². The van der Waals surface area contributed by atoms with E-state index in [1.807, 2.05) is 13.8 Å². The highest BCUT2D eigenvalue weighted by molar-refractivity contribution is 6.02. The minimum atomic E-state index is -4.51. The molecule has 0 amide bonds. The lowest BCUT2D eigenvalue weighted by molar-refractivity contribution is -0.173. The van der Waals surface area contributed by atoms with Crippen molar-refractivity contribution in [1.29, 1.82) is 0 Å². The van der Waals surface area contributed by atoms with Gasteiger partial charge < -0.3 is 10.1 Å². The van der Waals surface area contributed by atoms with Crippen LogP contribution in [-0.4, -0.2) is 33.9 Å². The average molecular weight is 395 g/mol. The number of nitrogens with zero attached hydrogens (tertiary/aromatic N) is 2. The van der Waals surface area contributed by atoms with E-state index < -0.39 is 30.2 Å². The molecular formula is C19H20F3N3O3. The highest BCUT2D eigenvalue weighted by atomic mass is 19.4. The van der Waals surface area contributed by atoms with Crippen LogP contribution < -0.4 is 5.32 Å². The summed E-state index contributed by atoms with van der Waals surface area (Å²) in [5.74, 6) is -1.91. The van der Waals surface area contributed by atoms with Gasteiger partial charge in [-0.05, 0) is 56.9 Å². The summed E-state index contributed by atoms with van der Waals surface area (Å²) in [6.45, 7) is 7.03. The van der Waals surface area contributed by atoms with E-state index in [1.54, 1.807) is 26.0 Å². The Morgan fingerprint density at radius 3 is 2.39 bits per heavy atom. The number of aromatic nitrogens is 2. The quantitative estimate of drug-likeness (QED) is 0.612. The number of aryl methyl sites for hydroxylation is 3. The number of esters is 2. The van der Waals surface area contributed by atoms with E-state index >= 15 is 0 Å². The molecule has 0 saturated carbocycles. The molecule has 1 aliphatic heterocycles. The molecule has 0 fully saturated rings. The molecule has 150 valence electrons. The number of nitrogens with one attached hydrogen (secondary N) is 1. The summed E-state index contributed by atoms with van der Waals surface area (Å²) < 4.78 is 45.5. The molecule has 1 aromatic carbocycles. The lowest BCUT2D eigenvalue weighted by Crippen LogP contribution is -2.37. The third kappa shape index (κ3) is 3.74. The molecule has 9 heteroatoms. The fourth-order valence-corrected chi connectivity index (χ4v) is 3.23. The number of carbonyl (C=O) groups excluding carboxylic acids is 2. The summed E-state index contributed by atoms with van der Waals surface area (Å²) in [5.41, 5.74) is 2.34. The van der Waals surface area contributed by atoms with Crippen LogP contribution in [0.5, 0.6) is 0 Å². The zero-order chi connectivity index (χ0) is 20.8. The topological polar surface area (TPSA) is 73.2 Å². The molecule has 0 radical (unpaired) electrons. The third-order valence-electron chi connectivity index (χ3n) is 4.84. The molecule has 1 aliphatic rings. The Labute approximate surface area is 159 Å². The highest BCUT2D eigenvalue weighted by Gasteiger charge is 2.45. The molecule has 0 aliphatic carbocycles. The second kappa shape index (κ2) is 6.96. The van der Waals surface area contributed by atoms with Crippen LogP contribution in [-0.2, 0) is 4.74 Å². The molecule has 0 spiro atoms. The largest absolute Gasteiger partial charge is 0.410 e. The van der Waals surface area contributed by atoms with Gasteiger partial charge in [0, 0.05) is 12.1 Å². The van der Waals surface area contributed by atoms with Gasteiger partial charge in [0.25, 0.3) is 0 Å². The molecule has 6 nitrogen and oxygen atoms in total. The smallest absolute Gasteiger partial charge is 0.384 e. The van der Waals surface area contributed by atoms with Crippen LogP contribution >= 0.6 is 0 Å². The first-order valence-corrected chi connectivity index (χ1v) is 8.74. The summed E-state index contributed by atoms with van der Waals surface area (Å²) in [6.07, 6.45) is -4.72. The second-order valence-electron chi connectivity index (χ2n) is 7.13. The normalized spacial score (nSPS) is 19.0. The van der Waals surface area contributed by atoms with Crippen LogP contribution in [0.2, 0.25) is 0 Å². The van der Waals surface area contributed by atoms with Gasteiger partial charge in [-0.25, -0.2) is 14.3 Å². The molecule has 28 heavy (non-hydrogen) atoms. The molecule has 2 heterocycles. The van der Waals surface area contributed by atoms with Gasteiger partial charge in [-0.2, -0.15) is 18.3 Å². The number of fused-ring (bicyclic) bond motifs is 1. The Balaban J connectivity index is 1.85. The molecule has 3 rings (SSSR count). The standard InChI is InChI=1S/C19H20F3N3O3/c1-9-5-11(3)13(6-10(9)2)17(26)28-18(27)14-8-16-23-12(4)7-15(19(20,21)22)25(16)24-14/h5-6,8,12,15,23H,7H2,1-4H3/t12-,15+/m1/s1. The maximum Gasteiger partial charge on any atom is 0.410 e. The lowest BCUT2D eigenvalue weighted by Gasteiger charge is -2.31. The molecule has 1 N–H and O–H groups in total. The molecule has 0 bridgehead atoms. The maximum atomic E-state index is 13.3. The molecule has 0 unspecified atom stereocenters. The fraction of sp³-hybridized carbons (Fsp3) is 0.421. The van der Waals surface area contributed by atoms with Crippen molar-refractivity contribution in [1.82, 2.24) is 9.78 Å². The Bertz CT molecular complexity index is 950. The van der Waals surface area contributed by atoms with Crippen LogP contribution in [0.15, 0.2) is 18.2 Å². The predicted octanol–water partition coefficient (Wildman–Crippen LogP) is 4.11. The molecular weight excluding hydrogens is 375 g/mol. The Morgan fingerprint density at radius 2 is 1.75 bits per heavy atom. The van der Waals surface area contributed by atoms with Gasteiger partial charge in [-0.3, -0.25) is 0 Å². The lowest BCUT2D eigenvalue weighted by atomic mass is 10.0. The Morgan fingerprint density at radius 1 is 1.11 bits per heavy atom. The minimum absolute atomic E-state index is 0.0582. The van der Waals surface area contributed by atoms with Gasteiger partial charge in [-0.15, -0.1) is 0 Å². The number of ether oxygens (including phenoxy) is 1. The van der Waals surface area contributed by atoms with Crippen LogP contribution in [0.25, 0.3) is 0 Å². The molecule has 1 aromatic heterocycles. The van der Waals surface area contributed by atoms with E-state index in [4.69, 9.17) is 4.74 Å². The summed E-state index contributed by atoms with van der Waals surface area (Å²) in [7, 11) is 0. The molecule has 2 atom stereocenters. The van der Waals surface area contributed by atoms with E-state index in [-0.39, 0.29) is 23.5 Å².